The van der Waals surface area contributed by atoms with Crippen molar-refractivity contribution in [2.45, 2.75) is 38.9 Å². The molecule has 3 heterocycles. The minimum absolute atomic E-state index is 0.402. The molecule has 0 spiro atoms. The SMILES string of the molecule is Cc1nc(CN(C)[C@@H]2CCN([C@@H](C)c3cccnc3)C2)no1. The van der Waals surface area contributed by atoms with Crippen molar-refractivity contribution in [1.29, 1.82) is 0 Å². The lowest BCUT2D eigenvalue weighted by Gasteiger charge is -2.27. The van der Waals surface area contributed by atoms with Crippen molar-refractivity contribution < 1.29 is 4.52 Å². The van der Waals surface area contributed by atoms with Crippen LogP contribution in [0.1, 0.15) is 36.7 Å². The van der Waals surface area contributed by atoms with E-state index in [0.717, 1.165) is 31.9 Å². The van der Waals surface area contributed by atoms with Crippen LogP contribution in [-0.4, -0.2) is 51.1 Å². The van der Waals surface area contributed by atoms with Crippen molar-refractivity contribution in [1.82, 2.24) is 24.9 Å². The molecule has 1 saturated heterocycles. The zero-order valence-corrected chi connectivity index (χ0v) is 13.4. The Labute approximate surface area is 131 Å². The summed E-state index contributed by atoms with van der Waals surface area (Å²) >= 11 is 0. The molecule has 0 bridgehead atoms. The Morgan fingerprint density at radius 1 is 1.50 bits per heavy atom. The quantitative estimate of drug-likeness (QED) is 0.842. The first kappa shape index (κ1) is 15.1. The average molecular weight is 301 g/mol. The van der Waals surface area contributed by atoms with Gasteiger partial charge >= 0.3 is 0 Å². The first-order chi connectivity index (χ1) is 10.6. The van der Waals surface area contributed by atoms with Crippen molar-refractivity contribution in [3.63, 3.8) is 0 Å². The third kappa shape index (κ3) is 3.34. The molecule has 22 heavy (non-hydrogen) atoms. The fourth-order valence-corrected chi connectivity index (χ4v) is 3.07. The van der Waals surface area contributed by atoms with Gasteiger partial charge in [0.25, 0.3) is 0 Å². The van der Waals surface area contributed by atoms with Gasteiger partial charge in [-0.3, -0.25) is 14.8 Å². The number of pyridine rings is 1. The van der Waals surface area contributed by atoms with Gasteiger partial charge in [-0.1, -0.05) is 11.2 Å². The van der Waals surface area contributed by atoms with E-state index in [1.54, 1.807) is 0 Å². The lowest BCUT2D eigenvalue weighted by molar-refractivity contribution is 0.198. The van der Waals surface area contributed by atoms with Gasteiger partial charge < -0.3 is 4.52 Å². The number of nitrogens with zero attached hydrogens (tertiary/aromatic N) is 5. The lowest BCUT2D eigenvalue weighted by atomic mass is 10.1. The van der Waals surface area contributed by atoms with Gasteiger partial charge in [0.2, 0.25) is 5.89 Å². The average Bonchev–Trinajstić information content (AvgIpc) is 3.17. The van der Waals surface area contributed by atoms with Crippen LogP contribution in [0.5, 0.6) is 0 Å². The van der Waals surface area contributed by atoms with Crippen molar-refractivity contribution in [3.8, 4) is 0 Å². The molecule has 0 amide bonds. The van der Waals surface area contributed by atoms with Gasteiger partial charge in [-0.2, -0.15) is 4.98 Å². The lowest BCUT2D eigenvalue weighted by Crippen LogP contribution is -2.35. The minimum Gasteiger partial charge on any atom is -0.340 e. The maximum absolute atomic E-state index is 5.04. The normalized spacial score (nSPS) is 20.6. The van der Waals surface area contributed by atoms with Gasteiger partial charge in [-0.15, -0.1) is 0 Å². The summed E-state index contributed by atoms with van der Waals surface area (Å²) in [7, 11) is 2.13. The van der Waals surface area contributed by atoms with E-state index in [1.165, 1.54) is 5.56 Å². The van der Waals surface area contributed by atoms with Gasteiger partial charge in [0, 0.05) is 44.5 Å². The highest BCUT2D eigenvalue weighted by molar-refractivity contribution is 5.13. The van der Waals surface area contributed by atoms with Gasteiger partial charge in [-0.05, 0) is 32.0 Å². The van der Waals surface area contributed by atoms with Crippen molar-refractivity contribution in [2.75, 3.05) is 20.1 Å². The fourth-order valence-electron chi connectivity index (χ4n) is 3.07. The number of hydrogen-bond donors (Lipinski definition) is 0. The van der Waals surface area contributed by atoms with E-state index >= 15 is 0 Å². The molecular formula is C16H23N5O. The van der Waals surface area contributed by atoms with Gasteiger partial charge in [-0.25, -0.2) is 0 Å². The Hall–Kier alpha value is -1.79. The van der Waals surface area contributed by atoms with E-state index in [9.17, 15) is 0 Å². The largest absolute Gasteiger partial charge is 0.340 e. The second-order valence-electron chi connectivity index (χ2n) is 6.04. The highest BCUT2D eigenvalue weighted by atomic mass is 16.5. The first-order valence-electron chi connectivity index (χ1n) is 7.77. The molecule has 6 nitrogen and oxygen atoms in total. The number of rotatable bonds is 5. The van der Waals surface area contributed by atoms with Gasteiger partial charge in [0.15, 0.2) is 5.82 Å². The van der Waals surface area contributed by atoms with Crippen molar-refractivity contribution in [2.24, 2.45) is 0 Å². The fraction of sp³-hybridized carbons (Fsp3) is 0.562. The number of likely N-dealkylation sites (N-methyl/N-ethyl adjacent to an activating group) is 1. The summed E-state index contributed by atoms with van der Waals surface area (Å²) in [6, 6.07) is 5.08. The Morgan fingerprint density at radius 2 is 2.36 bits per heavy atom. The molecule has 1 fully saturated rings. The Kier molecular flexibility index (Phi) is 4.49. The van der Waals surface area contributed by atoms with E-state index in [-0.39, 0.29) is 0 Å². The van der Waals surface area contributed by atoms with Crippen molar-refractivity contribution >= 4 is 0 Å². The summed E-state index contributed by atoms with van der Waals surface area (Å²) in [5.74, 6) is 1.39. The summed E-state index contributed by atoms with van der Waals surface area (Å²) in [4.78, 5) is 13.3. The van der Waals surface area contributed by atoms with Crippen LogP contribution in [0.2, 0.25) is 0 Å². The molecule has 0 aromatic carbocycles. The standard InChI is InChI=1S/C16H23N5O/c1-12(14-5-4-7-17-9-14)21-8-6-15(10-21)20(3)11-16-18-13(2)22-19-16/h4-5,7,9,12,15H,6,8,10-11H2,1-3H3/t12-,15+/m0/s1. The van der Waals surface area contributed by atoms with Crippen LogP contribution in [-0.2, 0) is 6.54 Å². The number of aromatic nitrogens is 3. The van der Waals surface area contributed by atoms with Crippen LogP contribution >= 0.6 is 0 Å². The highest BCUT2D eigenvalue weighted by Crippen LogP contribution is 2.26. The summed E-state index contributed by atoms with van der Waals surface area (Å²) in [6.07, 6.45) is 4.95. The third-order valence-electron chi connectivity index (χ3n) is 4.49. The zero-order valence-electron chi connectivity index (χ0n) is 13.4. The van der Waals surface area contributed by atoms with Crippen LogP contribution in [0.15, 0.2) is 29.0 Å². The number of aryl methyl sites for hydroxylation is 1. The predicted molar refractivity (Wildman–Crippen MR) is 83.1 cm³/mol. The maximum atomic E-state index is 5.04. The monoisotopic (exact) mass is 301 g/mol. The molecule has 0 saturated carbocycles. The summed E-state index contributed by atoms with van der Waals surface area (Å²) < 4.78 is 5.04. The maximum Gasteiger partial charge on any atom is 0.223 e. The molecule has 1 aliphatic rings. The molecular weight excluding hydrogens is 278 g/mol. The topological polar surface area (TPSA) is 58.3 Å². The molecule has 6 heteroatoms. The summed E-state index contributed by atoms with van der Waals surface area (Å²) in [5.41, 5.74) is 1.28. The molecule has 0 N–H and O–H groups in total. The van der Waals surface area contributed by atoms with E-state index in [1.807, 2.05) is 25.4 Å². The summed E-state index contributed by atoms with van der Waals surface area (Å²) in [6.45, 7) is 6.97. The van der Waals surface area contributed by atoms with Crippen molar-refractivity contribution in [3.05, 3.63) is 41.8 Å². The molecule has 1 aliphatic heterocycles. The molecule has 2 aromatic heterocycles. The Morgan fingerprint density at radius 3 is 3.05 bits per heavy atom. The van der Waals surface area contributed by atoms with E-state index in [0.29, 0.717) is 18.0 Å². The van der Waals surface area contributed by atoms with Crippen LogP contribution < -0.4 is 0 Å². The molecule has 3 rings (SSSR count). The van der Waals surface area contributed by atoms with E-state index in [2.05, 4.69) is 45.0 Å². The second kappa shape index (κ2) is 6.54. The Balaban J connectivity index is 1.57. The van der Waals surface area contributed by atoms with E-state index < -0.39 is 0 Å². The molecule has 0 radical (unpaired) electrons. The zero-order chi connectivity index (χ0) is 15.5. The predicted octanol–water partition coefficient (Wildman–Crippen LogP) is 2.04. The first-order valence-corrected chi connectivity index (χ1v) is 7.77. The molecule has 0 unspecified atom stereocenters. The van der Waals surface area contributed by atoms with E-state index in [4.69, 9.17) is 4.52 Å². The van der Waals surface area contributed by atoms with Gasteiger partial charge in [0.1, 0.15) is 0 Å². The van der Waals surface area contributed by atoms with Gasteiger partial charge in [0.05, 0.1) is 6.54 Å². The number of hydrogen-bond acceptors (Lipinski definition) is 6. The number of likely N-dealkylation sites (tertiary alicyclic amines) is 1. The smallest absolute Gasteiger partial charge is 0.223 e. The van der Waals surface area contributed by atoms with Crippen LogP contribution in [0, 0.1) is 6.92 Å². The summed E-state index contributed by atoms with van der Waals surface area (Å²) in [5, 5.41) is 3.98. The van der Waals surface area contributed by atoms with Crippen LogP contribution in [0.3, 0.4) is 0 Å². The third-order valence-corrected chi connectivity index (χ3v) is 4.49. The molecule has 0 aliphatic carbocycles. The molecule has 2 aromatic rings. The molecule has 2 atom stereocenters. The minimum atomic E-state index is 0.402. The Bertz CT molecular complexity index is 600. The van der Waals surface area contributed by atoms with Crippen LogP contribution in [0.4, 0.5) is 0 Å². The molecule has 118 valence electrons. The van der Waals surface area contributed by atoms with Crippen LogP contribution in [0.25, 0.3) is 0 Å². The highest BCUT2D eigenvalue weighted by Gasteiger charge is 2.29. The second-order valence-corrected chi connectivity index (χ2v) is 6.04.